The van der Waals surface area contributed by atoms with E-state index in [1.54, 1.807) is 0 Å². The van der Waals surface area contributed by atoms with Crippen LogP contribution in [0.1, 0.15) is 30.3 Å². The minimum absolute atomic E-state index is 0.829. The van der Waals surface area contributed by atoms with Gasteiger partial charge in [-0.25, -0.2) is 0 Å². The molecular weight excluding hydrogens is 406 g/mol. The summed E-state index contributed by atoms with van der Waals surface area (Å²) in [5, 5.41) is 11.8. The molecule has 1 N–H and O–H groups in total. The van der Waals surface area contributed by atoms with Crippen LogP contribution < -0.4 is 5.32 Å². The zero-order valence-corrected chi connectivity index (χ0v) is 20.1. The molecule has 1 aliphatic rings. The van der Waals surface area contributed by atoms with Crippen molar-refractivity contribution in [3.63, 3.8) is 0 Å². The number of thioether (sulfide) groups is 1. The highest BCUT2D eigenvalue weighted by Crippen LogP contribution is 2.11. The van der Waals surface area contributed by atoms with Gasteiger partial charge in [-0.1, -0.05) is 36.8 Å². The SMILES string of the molecule is CCc1nncn1CCNC(=NCCCSC)N1CCN(Cc2cccc(C)c2)CC1. The highest BCUT2D eigenvalue weighted by atomic mass is 32.2. The molecule has 0 amide bonds. The molecule has 8 heteroatoms. The second-order valence-electron chi connectivity index (χ2n) is 8.02. The zero-order valence-electron chi connectivity index (χ0n) is 19.3. The zero-order chi connectivity index (χ0) is 21.9. The summed E-state index contributed by atoms with van der Waals surface area (Å²) in [5.41, 5.74) is 2.73. The number of nitrogens with one attached hydrogen (secondary N) is 1. The fourth-order valence-corrected chi connectivity index (χ4v) is 4.29. The Hall–Kier alpha value is -2.06. The lowest BCUT2D eigenvalue weighted by Gasteiger charge is -2.36. The number of rotatable bonds is 10. The van der Waals surface area contributed by atoms with Crippen LogP contribution in [0.2, 0.25) is 0 Å². The highest BCUT2D eigenvalue weighted by Gasteiger charge is 2.20. The van der Waals surface area contributed by atoms with Crippen LogP contribution in [0.15, 0.2) is 35.6 Å². The molecule has 31 heavy (non-hydrogen) atoms. The molecule has 2 heterocycles. The smallest absolute Gasteiger partial charge is 0.194 e. The number of guanidine groups is 1. The lowest BCUT2D eigenvalue weighted by atomic mass is 10.1. The Labute approximate surface area is 191 Å². The highest BCUT2D eigenvalue weighted by molar-refractivity contribution is 7.98. The third-order valence-corrected chi connectivity index (χ3v) is 6.27. The third-order valence-electron chi connectivity index (χ3n) is 5.58. The van der Waals surface area contributed by atoms with Gasteiger partial charge in [0.15, 0.2) is 5.96 Å². The van der Waals surface area contributed by atoms with Crippen molar-refractivity contribution >= 4 is 17.7 Å². The summed E-state index contributed by atoms with van der Waals surface area (Å²) in [6, 6.07) is 8.84. The molecule has 170 valence electrons. The van der Waals surface area contributed by atoms with E-state index in [1.165, 1.54) is 11.1 Å². The Bertz CT molecular complexity index is 812. The number of benzene rings is 1. The van der Waals surface area contributed by atoms with Crippen LogP contribution in [0, 0.1) is 6.92 Å². The van der Waals surface area contributed by atoms with Crippen molar-refractivity contribution in [3.8, 4) is 0 Å². The van der Waals surface area contributed by atoms with Crippen molar-refractivity contribution in [1.82, 2.24) is 29.9 Å². The second kappa shape index (κ2) is 12.7. The van der Waals surface area contributed by atoms with Crippen LogP contribution in [0.25, 0.3) is 0 Å². The van der Waals surface area contributed by atoms with Crippen molar-refractivity contribution in [2.75, 3.05) is 51.3 Å². The van der Waals surface area contributed by atoms with Gasteiger partial charge in [0.2, 0.25) is 0 Å². The van der Waals surface area contributed by atoms with Crippen molar-refractivity contribution in [3.05, 3.63) is 47.5 Å². The fraction of sp³-hybridized carbons (Fsp3) is 0.609. The van der Waals surface area contributed by atoms with Gasteiger partial charge in [-0.3, -0.25) is 9.89 Å². The standard InChI is InChI=1S/C23H37N7S/c1-4-22-27-26-19-30(22)11-10-25-23(24-9-6-16-31-3)29-14-12-28(13-15-29)18-21-8-5-7-20(2)17-21/h5,7-8,17,19H,4,6,9-16,18H2,1-3H3,(H,24,25). The molecule has 1 fully saturated rings. The molecule has 0 saturated carbocycles. The number of piperazine rings is 1. The average molecular weight is 444 g/mol. The lowest BCUT2D eigenvalue weighted by Crippen LogP contribution is -2.52. The Balaban J connectivity index is 1.52. The lowest BCUT2D eigenvalue weighted by molar-refractivity contribution is 0.172. The Morgan fingerprint density at radius 2 is 2.06 bits per heavy atom. The minimum atomic E-state index is 0.829. The maximum Gasteiger partial charge on any atom is 0.194 e. The van der Waals surface area contributed by atoms with Gasteiger partial charge in [0.05, 0.1) is 0 Å². The van der Waals surface area contributed by atoms with E-state index in [2.05, 4.69) is 74.2 Å². The molecule has 1 saturated heterocycles. The van der Waals surface area contributed by atoms with E-state index >= 15 is 0 Å². The molecule has 1 aliphatic heterocycles. The molecule has 0 bridgehead atoms. The predicted molar refractivity (Wildman–Crippen MR) is 131 cm³/mol. The number of aliphatic imine (C=N–C) groups is 1. The first kappa shape index (κ1) is 23.6. The van der Waals surface area contributed by atoms with E-state index in [0.717, 1.165) is 82.7 Å². The molecular formula is C23H37N7S. The van der Waals surface area contributed by atoms with Crippen molar-refractivity contribution in [1.29, 1.82) is 0 Å². The van der Waals surface area contributed by atoms with Crippen molar-refractivity contribution in [2.24, 2.45) is 4.99 Å². The van der Waals surface area contributed by atoms with Crippen LogP contribution in [0.3, 0.4) is 0 Å². The van der Waals surface area contributed by atoms with Gasteiger partial charge < -0.3 is 14.8 Å². The maximum absolute atomic E-state index is 4.93. The monoisotopic (exact) mass is 443 g/mol. The van der Waals surface area contributed by atoms with E-state index in [4.69, 9.17) is 4.99 Å². The molecule has 0 spiro atoms. The summed E-state index contributed by atoms with van der Waals surface area (Å²) in [5.74, 6) is 3.23. The number of hydrogen-bond donors (Lipinski definition) is 1. The normalized spacial score (nSPS) is 15.5. The molecule has 3 rings (SSSR count). The number of aryl methyl sites for hydroxylation is 2. The predicted octanol–water partition coefficient (Wildman–Crippen LogP) is 2.67. The summed E-state index contributed by atoms with van der Waals surface area (Å²) in [4.78, 5) is 9.88. The summed E-state index contributed by atoms with van der Waals surface area (Å²) >= 11 is 1.88. The molecule has 1 aromatic heterocycles. The summed E-state index contributed by atoms with van der Waals surface area (Å²) < 4.78 is 2.12. The van der Waals surface area contributed by atoms with Crippen molar-refractivity contribution < 1.29 is 0 Å². The number of hydrogen-bond acceptors (Lipinski definition) is 5. The van der Waals surface area contributed by atoms with Gasteiger partial charge in [-0.15, -0.1) is 10.2 Å². The van der Waals surface area contributed by atoms with Gasteiger partial charge in [-0.05, 0) is 30.9 Å². The molecule has 2 aromatic rings. The number of nitrogens with zero attached hydrogens (tertiary/aromatic N) is 6. The van der Waals surface area contributed by atoms with E-state index < -0.39 is 0 Å². The van der Waals surface area contributed by atoms with Crippen LogP contribution in [-0.2, 0) is 19.5 Å². The van der Waals surface area contributed by atoms with Gasteiger partial charge in [0.1, 0.15) is 12.2 Å². The summed E-state index contributed by atoms with van der Waals surface area (Å²) in [6.07, 6.45) is 5.99. The quantitative estimate of drug-likeness (QED) is 0.346. The van der Waals surface area contributed by atoms with Gasteiger partial charge >= 0.3 is 0 Å². The summed E-state index contributed by atoms with van der Waals surface area (Å²) in [7, 11) is 0. The largest absolute Gasteiger partial charge is 0.354 e. The Morgan fingerprint density at radius 3 is 2.81 bits per heavy atom. The Morgan fingerprint density at radius 1 is 1.23 bits per heavy atom. The van der Waals surface area contributed by atoms with E-state index in [-0.39, 0.29) is 0 Å². The van der Waals surface area contributed by atoms with Crippen LogP contribution in [0.4, 0.5) is 0 Å². The molecule has 0 unspecified atom stereocenters. The summed E-state index contributed by atoms with van der Waals surface area (Å²) in [6.45, 7) is 12.0. The maximum atomic E-state index is 4.93. The van der Waals surface area contributed by atoms with Crippen molar-refractivity contribution in [2.45, 2.75) is 39.8 Å². The minimum Gasteiger partial charge on any atom is -0.354 e. The Kier molecular flexibility index (Phi) is 9.68. The second-order valence-corrected chi connectivity index (χ2v) is 9.01. The van der Waals surface area contributed by atoms with Gasteiger partial charge in [0, 0.05) is 58.8 Å². The van der Waals surface area contributed by atoms with Gasteiger partial charge in [-0.2, -0.15) is 11.8 Å². The fourth-order valence-electron chi connectivity index (χ4n) is 3.88. The number of aromatic nitrogens is 3. The average Bonchev–Trinajstić information content (AvgIpc) is 3.24. The molecule has 0 radical (unpaired) electrons. The first-order valence-corrected chi connectivity index (χ1v) is 12.8. The molecule has 0 aliphatic carbocycles. The first-order valence-electron chi connectivity index (χ1n) is 11.4. The van der Waals surface area contributed by atoms with Crippen LogP contribution >= 0.6 is 11.8 Å². The van der Waals surface area contributed by atoms with E-state index in [0.29, 0.717) is 0 Å². The van der Waals surface area contributed by atoms with Crippen LogP contribution in [-0.4, -0.2) is 81.8 Å². The topological polar surface area (TPSA) is 61.6 Å². The van der Waals surface area contributed by atoms with Gasteiger partial charge in [0.25, 0.3) is 0 Å². The molecule has 7 nitrogen and oxygen atoms in total. The molecule has 0 atom stereocenters. The molecule has 1 aromatic carbocycles. The van der Waals surface area contributed by atoms with E-state index in [9.17, 15) is 0 Å². The third kappa shape index (κ3) is 7.54. The van der Waals surface area contributed by atoms with Crippen LogP contribution in [0.5, 0.6) is 0 Å². The first-order chi connectivity index (χ1) is 15.2. The van der Waals surface area contributed by atoms with E-state index in [1.807, 2.05) is 18.1 Å².